The molecule has 2 atom stereocenters. The molecule has 0 amide bonds. The van der Waals surface area contributed by atoms with Gasteiger partial charge in [-0.25, -0.2) is 18.2 Å². The molecule has 13 heteroatoms. The Morgan fingerprint density at radius 1 is 1.24 bits per heavy atom. The van der Waals surface area contributed by atoms with Gasteiger partial charge in [-0.05, 0) is 43.2 Å². The maximum atomic E-state index is 12.7. The Morgan fingerprint density at radius 2 is 1.91 bits per heavy atom. The fraction of sp³-hybridized carbons (Fsp3) is 0.700. The minimum absolute atomic E-state index is 0.0964. The van der Waals surface area contributed by atoms with Crippen molar-refractivity contribution < 1.29 is 41.3 Å². The molecule has 1 aromatic heterocycles. The molecule has 0 aromatic carbocycles. The second-order valence-electron chi connectivity index (χ2n) is 8.71. The van der Waals surface area contributed by atoms with Crippen molar-refractivity contribution in [3.05, 3.63) is 24.4 Å². The summed E-state index contributed by atoms with van der Waals surface area (Å²) in [5.41, 5.74) is 0.0964. The molecule has 0 bridgehead atoms. The zero-order valence-corrected chi connectivity index (χ0v) is 18.8. The van der Waals surface area contributed by atoms with Gasteiger partial charge in [0.25, 0.3) is 10.0 Å². The number of hydrogen-bond donors (Lipinski definition) is 2. The number of carboxylic acids is 1. The molecule has 3 aliphatic rings. The molecule has 0 radical (unpaired) electrons. The number of carbonyl (C=O) groups is 1. The molecular weight excluding hydrogens is 467 g/mol. The predicted octanol–water partition coefficient (Wildman–Crippen LogP) is 1.34. The number of alkyl halides is 3. The molecular formula is C20H28F3N3O6S. The van der Waals surface area contributed by atoms with Crippen LogP contribution in [0.2, 0.25) is 0 Å². The second-order valence-corrected chi connectivity index (χ2v) is 10.6. The molecule has 9 nitrogen and oxygen atoms in total. The standard InChI is InChI=1S/C18H27N3O4S.C2HF3O2/c22-15-4-8-20(12-15)13-16-11-18(14-25-16)5-9-21(10-6-18)26(23,24)17-3-1-2-7-19-17;3-2(4,5)1(6)7/h1-3,7,15-16,22H,4-6,8-14H2;(H,6,7). The van der Waals surface area contributed by atoms with Gasteiger partial charge in [0.05, 0.1) is 18.8 Å². The predicted molar refractivity (Wildman–Crippen MR) is 110 cm³/mol. The van der Waals surface area contributed by atoms with E-state index in [0.29, 0.717) is 19.7 Å². The maximum absolute atomic E-state index is 12.7. The number of ether oxygens (including phenoxy) is 1. The van der Waals surface area contributed by atoms with Gasteiger partial charge in [0.1, 0.15) is 0 Å². The van der Waals surface area contributed by atoms with Gasteiger partial charge in [-0.2, -0.15) is 17.5 Å². The van der Waals surface area contributed by atoms with Gasteiger partial charge in [-0.3, -0.25) is 4.90 Å². The number of hydrogen-bond acceptors (Lipinski definition) is 7. The van der Waals surface area contributed by atoms with Gasteiger partial charge in [-0.1, -0.05) is 6.07 Å². The number of rotatable bonds is 4. The average molecular weight is 496 g/mol. The highest BCUT2D eigenvalue weighted by Gasteiger charge is 2.45. The number of piperidine rings is 1. The number of aliphatic hydroxyl groups excluding tert-OH is 1. The third kappa shape index (κ3) is 6.63. The first-order valence-corrected chi connectivity index (χ1v) is 12.1. The van der Waals surface area contributed by atoms with E-state index in [1.54, 1.807) is 22.5 Å². The summed E-state index contributed by atoms with van der Waals surface area (Å²) in [7, 11) is -3.50. The van der Waals surface area contributed by atoms with Crippen LogP contribution in [0, 0.1) is 5.41 Å². The quantitative estimate of drug-likeness (QED) is 0.642. The maximum Gasteiger partial charge on any atom is 0.490 e. The Kier molecular flexibility index (Phi) is 7.99. The van der Waals surface area contributed by atoms with E-state index in [-0.39, 0.29) is 22.6 Å². The number of β-amino-alcohol motifs (C(OH)–C–C–N with tert-alkyl or cyclic N) is 1. The van der Waals surface area contributed by atoms with Crippen molar-refractivity contribution >= 4 is 16.0 Å². The fourth-order valence-electron chi connectivity index (χ4n) is 4.46. The Morgan fingerprint density at radius 3 is 2.42 bits per heavy atom. The van der Waals surface area contributed by atoms with Crippen molar-refractivity contribution in [3.63, 3.8) is 0 Å². The lowest BCUT2D eigenvalue weighted by Crippen LogP contribution is -2.43. The summed E-state index contributed by atoms with van der Waals surface area (Å²) in [6, 6.07) is 4.98. The van der Waals surface area contributed by atoms with Crippen molar-refractivity contribution in [2.45, 2.75) is 49.1 Å². The summed E-state index contributed by atoms with van der Waals surface area (Å²) in [6.45, 7) is 4.31. The topological polar surface area (TPSA) is 120 Å². The minimum atomic E-state index is -5.08. The zero-order chi connectivity index (χ0) is 24.3. The smallest absolute Gasteiger partial charge is 0.475 e. The van der Waals surface area contributed by atoms with Crippen LogP contribution in [0.3, 0.4) is 0 Å². The van der Waals surface area contributed by atoms with E-state index in [1.807, 2.05) is 0 Å². The number of aliphatic hydroxyl groups is 1. The highest BCUT2D eigenvalue weighted by Crippen LogP contribution is 2.43. The number of likely N-dealkylation sites (tertiary alicyclic amines) is 1. The number of carboxylic acid groups (broad SMARTS) is 1. The number of pyridine rings is 1. The van der Waals surface area contributed by atoms with E-state index in [9.17, 15) is 26.7 Å². The van der Waals surface area contributed by atoms with E-state index in [2.05, 4.69) is 9.88 Å². The summed E-state index contributed by atoms with van der Waals surface area (Å²) in [5.74, 6) is -2.76. The Bertz CT molecular complexity index is 907. The molecule has 3 saturated heterocycles. The molecule has 0 aliphatic carbocycles. The molecule has 3 aliphatic heterocycles. The van der Waals surface area contributed by atoms with Crippen LogP contribution in [-0.4, -0.2) is 96.5 Å². The van der Waals surface area contributed by atoms with Crippen LogP contribution >= 0.6 is 0 Å². The summed E-state index contributed by atoms with van der Waals surface area (Å²) < 4.78 is 64.8. The highest BCUT2D eigenvalue weighted by molar-refractivity contribution is 7.89. The van der Waals surface area contributed by atoms with E-state index in [1.165, 1.54) is 6.20 Å². The molecule has 4 heterocycles. The Hall–Kier alpha value is -1.80. The lowest BCUT2D eigenvalue weighted by atomic mass is 9.77. The van der Waals surface area contributed by atoms with Crippen molar-refractivity contribution in [2.75, 3.05) is 39.3 Å². The summed E-state index contributed by atoms with van der Waals surface area (Å²) in [4.78, 5) is 15.2. The largest absolute Gasteiger partial charge is 0.490 e. The van der Waals surface area contributed by atoms with E-state index < -0.39 is 22.2 Å². The normalized spacial score (nSPS) is 26.2. The number of sulfonamides is 1. The molecule has 2 unspecified atom stereocenters. The Balaban J connectivity index is 0.000000383. The minimum Gasteiger partial charge on any atom is -0.475 e. The van der Waals surface area contributed by atoms with Gasteiger partial charge in [0.2, 0.25) is 0 Å². The number of nitrogens with zero attached hydrogens (tertiary/aromatic N) is 3. The van der Waals surface area contributed by atoms with Crippen LogP contribution in [-0.2, 0) is 19.6 Å². The van der Waals surface area contributed by atoms with Crippen molar-refractivity contribution in [1.29, 1.82) is 0 Å². The van der Waals surface area contributed by atoms with Crippen molar-refractivity contribution in [2.24, 2.45) is 5.41 Å². The molecule has 1 spiro atoms. The first-order valence-electron chi connectivity index (χ1n) is 10.6. The van der Waals surface area contributed by atoms with Gasteiger partial charge in [0.15, 0.2) is 5.03 Å². The molecule has 33 heavy (non-hydrogen) atoms. The third-order valence-corrected chi connectivity index (χ3v) is 8.08. The number of halogens is 3. The molecule has 0 saturated carbocycles. The molecule has 1 aromatic rings. The van der Waals surface area contributed by atoms with Crippen molar-refractivity contribution in [1.82, 2.24) is 14.2 Å². The summed E-state index contributed by atoms with van der Waals surface area (Å²) in [6.07, 6.45) is -0.0843. The van der Waals surface area contributed by atoms with Gasteiger partial charge in [0, 0.05) is 38.9 Å². The van der Waals surface area contributed by atoms with Crippen LogP contribution in [0.4, 0.5) is 13.2 Å². The fourth-order valence-corrected chi connectivity index (χ4v) is 5.83. The van der Waals surface area contributed by atoms with Crippen LogP contribution < -0.4 is 0 Å². The first-order chi connectivity index (χ1) is 15.4. The van der Waals surface area contributed by atoms with Crippen LogP contribution in [0.5, 0.6) is 0 Å². The van der Waals surface area contributed by atoms with Crippen molar-refractivity contribution in [3.8, 4) is 0 Å². The van der Waals surface area contributed by atoms with E-state index in [0.717, 1.165) is 45.3 Å². The average Bonchev–Trinajstić information content (AvgIpc) is 3.35. The summed E-state index contributed by atoms with van der Waals surface area (Å²) >= 11 is 0. The lowest BCUT2D eigenvalue weighted by Gasteiger charge is -2.37. The van der Waals surface area contributed by atoms with Gasteiger partial charge >= 0.3 is 12.1 Å². The molecule has 4 rings (SSSR count). The second kappa shape index (κ2) is 10.2. The first kappa shape index (κ1) is 25.8. The SMILES string of the molecule is O=C(O)C(F)(F)F.O=S(=O)(c1ccccn1)N1CCC2(CC1)COC(CN1CCC(O)C1)C2. The van der Waals surface area contributed by atoms with E-state index >= 15 is 0 Å². The molecule has 186 valence electrons. The number of aliphatic carboxylic acids is 1. The lowest BCUT2D eigenvalue weighted by molar-refractivity contribution is -0.192. The van der Waals surface area contributed by atoms with Crippen LogP contribution in [0.15, 0.2) is 29.4 Å². The molecule has 2 N–H and O–H groups in total. The van der Waals surface area contributed by atoms with Gasteiger partial charge in [-0.15, -0.1) is 0 Å². The van der Waals surface area contributed by atoms with E-state index in [4.69, 9.17) is 14.6 Å². The molecule has 3 fully saturated rings. The third-order valence-electron chi connectivity index (χ3n) is 6.26. The van der Waals surface area contributed by atoms with Crippen LogP contribution in [0.25, 0.3) is 0 Å². The summed E-state index contributed by atoms with van der Waals surface area (Å²) in [5, 5.41) is 16.9. The monoisotopic (exact) mass is 495 g/mol. The van der Waals surface area contributed by atoms with Gasteiger partial charge < -0.3 is 14.9 Å². The Labute approximate surface area is 190 Å². The highest BCUT2D eigenvalue weighted by atomic mass is 32.2. The number of aromatic nitrogens is 1. The zero-order valence-electron chi connectivity index (χ0n) is 17.9. The van der Waals surface area contributed by atoms with Crippen LogP contribution in [0.1, 0.15) is 25.7 Å².